The van der Waals surface area contributed by atoms with E-state index in [2.05, 4.69) is 11.9 Å². The van der Waals surface area contributed by atoms with Crippen LogP contribution in [0.5, 0.6) is 0 Å². The lowest BCUT2D eigenvalue weighted by atomic mass is 10.0. The third-order valence-electron chi connectivity index (χ3n) is 4.41. The van der Waals surface area contributed by atoms with Crippen molar-refractivity contribution < 1.29 is 4.92 Å². The molecule has 1 fully saturated rings. The molecule has 2 N–H and O–H groups in total. The van der Waals surface area contributed by atoms with Crippen molar-refractivity contribution in [3.8, 4) is 0 Å². The summed E-state index contributed by atoms with van der Waals surface area (Å²) in [5.41, 5.74) is 6.85. The molecule has 0 spiro atoms. The number of nitro groups is 1. The van der Waals surface area contributed by atoms with Gasteiger partial charge in [-0.15, -0.1) is 0 Å². The van der Waals surface area contributed by atoms with Crippen LogP contribution in [0.3, 0.4) is 0 Å². The first-order valence-corrected chi connectivity index (χ1v) is 7.26. The van der Waals surface area contributed by atoms with Gasteiger partial charge in [-0.1, -0.05) is 24.6 Å². The number of likely N-dealkylation sites (N-methyl/N-ethyl adjacent to an activating group) is 1. The minimum absolute atomic E-state index is 0.225. The number of nitro benzene ring substituents is 1. The highest BCUT2D eigenvalue weighted by Crippen LogP contribution is 2.29. The summed E-state index contributed by atoms with van der Waals surface area (Å²) in [6, 6.07) is 7.53. The van der Waals surface area contributed by atoms with Crippen molar-refractivity contribution in [2.75, 3.05) is 20.1 Å². The van der Waals surface area contributed by atoms with Gasteiger partial charge in [-0.05, 0) is 38.8 Å². The molecule has 1 aromatic rings. The van der Waals surface area contributed by atoms with Crippen LogP contribution in [0, 0.1) is 16.0 Å². The van der Waals surface area contributed by atoms with E-state index >= 15 is 0 Å². The Morgan fingerprint density at radius 1 is 1.40 bits per heavy atom. The molecule has 1 aromatic carbocycles. The fraction of sp³-hybridized carbons (Fsp3) is 0.600. The Morgan fingerprint density at radius 3 is 2.85 bits per heavy atom. The van der Waals surface area contributed by atoms with Gasteiger partial charge < -0.3 is 10.6 Å². The van der Waals surface area contributed by atoms with Gasteiger partial charge in [-0.25, -0.2) is 0 Å². The van der Waals surface area contributed by atoms with Gasteiger partial charge in [0.1, 0.15) is 0 Å². The average molecular weight is 277 g/mol. The van der Waals surface area contributed by atoms with Gasteiger partial charge in [-0.3, -0.25) is 10.1 Å². The normalized spacial score (nSPS) is 22.4. The maximum atomic E-state index is 11.0. The summed E-state index contributed by atoms with van der Waals surface area (Å²) in [6.45, 7) is 1.58. The number of rotatable bonds is 6. The summed E-state index contributed by atoms with van der Waals surface area (Å²) in [4.78, 5) is 13.0. The summed E-state index contributed by atoms with van der Waals surface area (Å²) in [7, 11) is 2.10. The fourth-order valence-corrected chi connectivity index (χ4v) is 3.24. The Balaban J connectivity index is 1.96. The van der Waals surface area contributed by atoms with Crippen LogP contribution in [0.25, 0.3) is 0 Å². The molecular formula is C15H23N3O2. The minimum atomic E-state index is -0.298. The van der Waals surface area contributed by atoms with Crippen molar-refractivity contribution >= 4 is 5.69 Å². The van der Waals surface area contributed by atoms with Gasteiger partial charge in [0.25, 0.3) is 5.69 Å². The van der Waals surface area contributed by atoms with Gasteiger partial charge in [0.2, 0.25) is 0 Å². The van der Waals surface area contributed by atoms with Crippen LogP contribution in [0.1, 0.15) is 24.8 Å². The van der Waals surface area contributed by atoms with Crippen LogP contribution in [-0.2, 0) is 6.42 Å². The minimum Gasteiger partial charge on any atom is -0.330 e. The molecular weight excluding hydrogens is 254 g/mol. The molecule has 1 aliphatic rings. The van der Waals surface area contributed by atoms with Crippen molar-refractivity contribution in [2.24, 2.45) is 11.7 Å². The molecule has 0 amide bonds. The van der Waals surface area contributed by atoms with Crippen LogP contribution < -0.4 is 5.73 Å². The quantitative estimate of drug-likeness (QED) is 0.639. The average Bonchev–Trinajstić information content (AvgIpc) is 2.93. The first kappa shape index (κ1) is 14.9. The van der Waals surface area contributed by atoms with Crippen molar-refractivity contribution in [1.29, 1.82) is 0 Å². The predicted octanol–water partition coefficient (Wildman–Crippen LogP) is 2.20. The molecule has 0 aliphatic heterocycles. The van der Waals surface area contributed by atoms with Gasteiger partial charge in [0.05, 0.1) is 4.92 Å². The maximum Gasteiger partial charge on any atom is 0.272 e. The third-order valence-corrected chi connectivity index (χ3v) is 4.41. The first-order chi connectivity index (χ1) is 9.63. The molecule has 2 atom stereocenters. The Morgan fingerprint density at radius 2 is 2.15 bits per heavy atom. The molecule has 5 nitrogen and oxygen atoms in total. The smallest absolute Gasteiger partial charge is 0.272 e. The largest absolute Gasteiger partial charge is 0.330 e. The Kier molecular flexibility index (Phi) is 5.09. The Bertz CT molecular complexity index is 464. The van der Waals surface area contributed by atoms with E-state index in [-0.39, 0.29) is 10.6 Å². The summed E-state index contributed by atoms with van der Waals surface area (Å²) in [5, 5.41) is 11.0. The summed E-state index contributed by atoms with van der Waals surface area (Å²) in [6.07, 6.45) is 4.34. The molecule has 5 heteroatoms. The van der Waals surface area contributed by atoms with Crippen molar-refractivity contribution in [2.45, 2.75) is 31.7 Å². The Hall–Kier alpha value is -1.46. The molecule has 2 rings (SSSR count). The zero-order chi connectivity index (χ0) is 14.5. The van der Waals surface area contributed by atoms with Crippen LogP contribution in [0.4, 0.5) is 5.69 Å². The predicted molar refractivity (Wildman–Crippen MR) is 79.6 cm³/mol. The number of hydrogen-bond donors (Lipinski definition) is 1. The van der Waals surface area contributed by atoms with Crippen molar-refractivity contribution in [3.63, 3.8) is 0 Å². The highest BCUT2D eigenvalue weighted by atomic mass is 16.6. The van der Waals surface area contributed by atoms with Crippen molar-refractivity contribution in [3.05, 3.63) is 39.9 Å². The monoisotopic (exact) mass is 277 g/mol. The molecule has 0 heterocycles. The summed E-state index contributed by atoms with van der Waals surface area (Å²) >= 11 is 0. The van der Waals surface area contributed by atoms with Crippen LogP contribution in [0.15, 0.2) is 24.3 Å². The van der Waals surface area contributed by atoms with Crippen LogP contribution in [-0.4, -0.2) is 36.0 Å². The lowest BCUT2D eigenvalue weighted by Gasteiger charge is -2.29. The maximum absolute atomic E-state index is 11.0. The van der Waals surface area contributed by atoms with E-state index in [1.54, 1.807) is 12.1 Å². The summed E-state index contributed by atoms with van der Waals surface area (Å²) in [5.74, 6) is 0.575. The molecule has 1 saturated carbocycles. The van der Waals surface area contributed by atoms with Crippen LogP contribution >= 0.6 is 0 Å². The molecule has 0 saturated heterocycles. The molecule has 20 heavy (non-hydrogen) atoms. The van der Waals surface area contributed by atoms with E-state index in [9.17, 15) is 10.1 Å². The van der Waals surface area contributed by atoms with E-state index in [0.29, 0.717) is 18.4 Å². The highest BCUT2D eigenvalue weighted by molar-refractivity contribution is 5.39. The first-order valence-electron chi connectivity index (χ1n) is 7.26. The highest BCUT2D eigenvalue weighted by Gasteiger charge is 2.29. The number of benzene rings is 1. The van der Waals surface area contributed by atoms with E-state index in [4.69, 9.17) is 5.73 Å². The second-order valence-electron chi connectivity index (χ2n) is 5.61. The number of hydrogen-bond acceptors (Lipinski definition) is 4. The van der Waals surface area contributed by atoms with Gasteiger partial charge >= 0.3 is 0 Å². The van der Waals surface area contributed by atoms with Crippen molar-refractivity contribution in [1.82, 2.24) is 4.90 Å². The SMILES string of the molecule is CN(CCc1ccccc1[N+](=O)[O-])C1CCCC1CN. The lowest BCUT2D eigenvalue weighted by molar-refractivity contribution is -0.385. The zero-order valence-corrected chi connectivity index (χ0v) is 12.0. The lowest BCUT2D eigenvalue weighted by Crippen LogP contribution is -2.38. The molecule has 1 aliphatic carbocycles. The van der Waals surface area contributed by atoms with E-state index < -0.39 is 0 Å². The van der Waals surface area contributed by atoms with E-state index in [1.165, 1.54) is 19.3 Å². The summed E-state index contributed by atoms with van der Waals surface area (Å²) < 4.78 is 0. The molecule has 0 bridgehead atoms. The van der Waals surface area contributed by atoms with Gasteiger partial charge in [0.15, 0.2) is 0 Å². The van der Waals surface area contributed by atoms with Crippen LogP contribution in [0.2, 0.25) is 0 Å². The second-order valence-corrected chi connectivity index (χ2v) is 5.61. The van der Waals surface area contributed by atoms with E-state index in [1.807, 2.05) is 12.1 Å². The third kappa shape index (κ3) is 3.35. The molecule has 0 aromatic heterocycles. The zero-order valence-electron chi connectivity index (χ0n) is 12.0. The number of nitrogens with two attached hydrogens (primary N) is 1. The second kappa shape index (κ2) is 6.81. The molecule has 110 valence electrons. The fourth-order valence-electron chi connectivity index (χ4n) is 3.24. The molecule has 2 unspecified atom stereocenters. The Labute approximate surface area is 119 Å². The number of para-hydroxylation sites is 1. The number of nitrogens with zero attached hydrogens (tertiary/aromatic N) is 2. The topological polar surface area (TPSA) is 72.4 Å². The van der Waals surface area contributed by atoms with E-state index in [0.717, 1.165) is 18.7 Å². The molecule has 0 radical (unpaired) electrons. The van der Waals surface area contributed by atoms with Gasteiger partial charge in [-0.2, -0.15) is 0 Å². The van der Waals surface area contributed by atoms with Gasteiger partial charge in [0, 0.05) is 24.2 Å². The standard InChI is InChI=1S/C15H23N3O2/c1-17(14-8-4-6-13(14)11-16)10-9-12-5-2-3-7-15(12)18(19)20/h2-3,5,7,13-14H,4,6,8-11,16H2,1H3.